The number of rotatable bonds is 5. The van der Waals surface area contributed by atoms with Gasteiger partial charge in [-0.3, -0.25) is 10.6 Å². The predicted octanol–water partition coefficient (Wildman–Crippen LogP) is 12.8. The van der Waals surface area contributed by atoms with Crippen LogP contribution in [0.25, 0.3) is 0 Å². The number of nitrogens with zero attached hydrogens (tertiary/aromatic N) is 2. The van der Waals surface area contributed by atoms with Crippen molar-refractivity contribution in [2.75, 3.05) is 36.8 Å². The number of aliphatic hydroxyl groups is 1. The van der Waals surface area contributed by atoms with Gasteiger partial charge < -0.3 is 38.6 Å². The van der Waals surface area contributed by atoms with E-state index in [-0.39, 0.29) is 46.3 Å². The summed E-state index contributed by atoms with van der Waals surface area (Å²) in [7, 11) is 0. The Morgan fingerprint density at radius 1 is 0.619 bits per heavy atom. The summed E-state index contributed by atoms with van der Waals surface area (Å²) in [5.74, 6) is 0.0324. The second-order valence-electron chi connectivity index (χ2n) is 18.7. The fraction of sp³-hybridized carbons (Fsp3) is 0.638. The molecule has 63 heavy (non-hydrogen) atoms. The fourth-order valence-electron chi connectivity index (χ4n) is 5.78. The van der Waals surface area contributed by atoms with Crippen LogP contribution in [0.3, 0.4) is 0 Å². The predicted molar refractivity (Wildman–Crippen MR) is 255 cm³/mol. The molecule has 2 saturated heterocycles. The second-order valence-corrected chi connectivity index (χ2v) is 19.6. The van der Waals surface area contributed by atoms with Gasteiger partial charge in [0.1, 0.15) is 28.7 Å². The lowest BCUT2D eigenvalue weighted by atomic mass is 9.87. The van der Waals surface area contributed by atoms with Gasteiger partial charge in [-0.1, -0.05) is 45.5 Å². The number of benzene rings is 2. The van der Waals surface area contributed by atoms with Gasteiger partial charge in [0, 0.05) is 59.1 Å². The molecule has 0 bridgehead atoms. The van der Waals surface area contributed by atoms with Gasteiger partial charge in [0.05, 0.1) is 6.10 Å². The van der Waals surface area contributed by atoms with Gasteiger partial charge in [-0.15, -0.1) is 0 Å². The number of halogens is 2. The molecule has 3 N–H and O–H groups in total. The normalized spacial score (nSPS) is 15.0. The zero-order valence-electron chi connectivity index (χ0n) is 37.3. The topological polar surface area (TPSA) is 173 Å². The second kappa shape index (κ2) is 26.5. The summed E-state index contributed by atoms with van der Waals surface area (Å²) in [6.07, 6.45) is 1.18. The Kier molecular flexibility index (Phi) is 25.6. The van der Waals surface area contributed by atoms with Gasteiger partial charge in [-0.25, -0.2) is 19.2 Å². The largest absolute Gasteiger partial charge is 0.444 e. The Bertz CT molecular complexity index is 1720. The highest BCUT2D eigenvalue weighted by Crippen LogP contribution is 2.36. The fourth-order valence-corrected chi connectivity index (χ4v) is 6.09. The Hall–Kier alpha value is -4.27. The first-order chi connectivity index (χ1) is 27.5. The minimum absolute atomic E-state index is 0. The summed E-state index contributed by atoms with van der Waals surface area (Å²) in [6, 6.07) is 11.8. The maximum absolute atomic E-state index is 12.3. The summed E-state index contributed by atoms with van der Waals surface area (Å²) in [4.78, 5) is 61.3. The lowest BCUT2D eigenvalue weighted by Gasteiger charge is -2.35. The molecule has 4 rings (SSSR count). The number of nitrogens with one attached hydrogen (secondary N) is 2. The number of hydrogen-bond donors (Lipinski definition) is 3. The van der Waals surface area contributed by atoms with E-state index in [4.69, 9.17) is 42.1 Å². The number of amides is 4. The third-order valence-corrected chi connectivity index (χ3v) is 8.97. The van der Waals surface area contributed by atoms with Crippen LogP contribution in [0.15, 0.2) is 42.5 Å². The van der Waals surface area contributed by atoms with Crippen molar-refractivity contribution in [3.63, 3.8) is 0 Å². The first-order valence-corrected chi connectivity index (χ1v) is 20.9. The van der Waals surface area contributed by atoms with E-state index in [1.165, 1.54) is 0 Å². The first kappa shape index (κ1) is 60.8. The quantitative estimate of drug-likeness (QED) is 0.193. The van der Waals surface area contributed by atoms with Crippen LogP contribution < -0.4 is 10.6 Å². The number of hydrogen-bond acceptors (Lipinski definition) is 10. The van der Waals surface area contributed by atoms with Crippen LogP contribution in [0.2, 0.25) is 10.0 Å². The van der Waals surface area contributed by atoms with Crippen LogP contribution in [-0.4, -0.2) is 94.1 Å². The molecular weight excluding hydrogens is 851 g/mol. The van der Waals surface area contributed by atoms with E-state index < -0.39 is 40.7 Å². The van der Waals surface area contributed by atoms with Crippen LogP contribution in [0, 0.1) is 11.8 Å². The van der Waals surface area contributed by atoms with Gasteiger partial charge in [0.15, 0.2) is 0 Å². The van der Waals surface area contributed by atoms with E-state index in [1.54, 1.807) is 73.0 Å². The summed E-state index contributed by atoms with van der Waals surface area (Å²) in [6.45, 7) is 24.1. The van der Waals surface area contributed by atoms with E-state index in [2.05, 4.69) is 10.6 Å². The molecule has 0 aromatic heterocycles. The molecule has 0 aliphatic carbocycles. The third-order valence-electron chi connectivity index (χ3n) is 8.48. The molecule has 2 fully saturated rings. The summed E-state index contributed by atoms with van der Waals surface area (Å²) in [5.41, 5.74) is -0.469. The molecule has 16 heteroatoms. The number of anilines is 2. The van der Waals surface area contributed by atoms with Gasteiger partial charge in [-0.2, -0.15) is 0 Å². The molecule has 0 radical (unpaired) electrons. The smallest absolute Gasteiger partial charge is 0.412 e. The number of aliphatic hydroxyl groups excluding tert-OH is 1. The van der Waals surface area contributed by atoms with Crippen LogP contribution >= 0.6 is 23.2 Å². The van der Waals surface area contributed by atoms with E-state index in [0.29, 0.717) is 66.0 Å². The molecule has 14 nitrogen and oxygen atoms in total. The molecule has 2 aromatic rings. The molecule has 1 atom stereocenters. The number of likely N-dealkylation sites (tertiary alicyclic amines) is 2. The molecule has 2 aliphatic rings. The summed E-state index contributed by atoms with van der Waals surface area (Å²) in [5, 5.41) is 17.4. The maximum Gasteiger partial charge on any atom is 0.412 e. The van der Waals surface area contributed by atoms with E-state index in [1.807, 2.05) is 62.3 Å². The molecule has 4 amide bonds. The summed E-state index contributed by atoms with van der Waals surface area (Å²) < 4.78 is 21.1. The average molecular weight is 930 g/mol. The van der Waals surface area contributed by atoms with Crippen molar-refractivity contribution in [2.45, 2.75) is 160 Å². The van der Waals surface area contributed by atoms with Crippen molar-refractivity contribution in [1.82, 2.24) is 9.80 Å². The summed E-state index contributed by atoms with van der Waals surface area (Å²) >= 11 is 11.9. The molecule has 0 saturated carbocycles. The molecule has 360 valence electrons. The van der Waals surface area contributed by atoms with Gasteiger partial charge in [0.2, 0.25) is 0 Å². The van der Waals surface area contributed by atoms with Crippen LogP contribution in [-0.2, 0) is 23.7 Å². The zero-order valence-corrected chi connectivity index (χ0v) is 38.8. The lowest BCUT2D eigenvalue weighted by molar-refractivity contribution is -0.112. The highest BCUT2D eigenvalue weighted by molar-refractivity contribution is 6.31. The maximum atomic E-state index is 12.3. The van der Waals surface area contributed by atoms with Gasteiger partial charge in [0.25, 0.3) is 0 Å². The van der Waals surface area contributed by atoms with Crippen molar-refractivity contribution in [3.8, 4) is 0 Å². The molecule has 2 aliphatic heterocycles. The molecule has 2 heterocycles. The van der Waals surface area contributed by atoms with Crippen molar-refractivity contribution in [3.05, 3.63) is 58.1 Å². The molecular formula is C47H78Cl2N4O10. The van der Waals surface area contributed by atoms with E-state index in [9.17, 15) is 29.1 Å². The van der Waals surface area contributed by atoms with Crippen molar-refractivity contribution >= 4 is 65.2 Å². The minimum Gasteiger partial charge on any atom is -0.444 e. The highest BCUT2D eigenvalue weighted by Gasteiger charge is 2.32. The zero-order chi connectivity index (χ0) is 45.6. The Morgan fingerprint density at radius 3 is 1.40 bits per heavy atom. The number of ether oxygens (including phenoxy) is 4. The van der Waals surface area contributed by atoms with Crippen molar-refractivity contribution < 1.29 is 48.0 Å². The van der Waals surface area contributed by atoms with Crippen LogP contribution in [0.5, 0.6) is 0 Å². The average Bonchev–Trinajstić information content (AvgIpc) is 3.11. The number of carbonyl (C=O) groups excluding carboxylic acids is 5. The molecule has 1 unspecified atom stereocenters. The highest BCUT2D eigenvalue weighted by atomic mass is 35.5. The van der Waals surface area contributed by atoms with Crippen molar-refractivity contribution in [1.29, 1.82) is 0 Å². The van der Waals surface area contributed by atoms with E-state index >= 15 is 0 Å². The first-order valence-electron chi connectivity index (χ1n) is 20.2. The minimum atomic E-state index is -0.838. The molecule has 0 spiro atoms. The number of carbonyl (C=O) groups is 5. The van der Waals surface area contributed by atoms with Crippen LogP contribution in [0.1, 0.15) is 143 Å². The number of piperidine rings is 2. The number of aldehydes is 1. The lowest BCUT2D eigenvalue weighted by Crippen LogP contribution is -2.42. The Morgan fingerprint density at radius 2 is 1.00 bits per heavy atom. The monoisotopic (exact) mass is 929 g/mol. The Balaban J connectivity index is 0. The van der Waals surface area contributed by atoms with Gasteiger partial charge in [-0.05, 0) is 157 Å². The van der Waals surface area contributed by atoms with E-state index in [0.717, 1.165) is 19.1 Å². The standard InChI is InChI=1S/C22H33ClN2O5.C11H14ClNO2.C11H19NO3.3CH4/c1-21(2,3)29-19(27)24-17-8-7-15(23)13-16(17)18(26)14-9-11-25(12-10-14)20(28)30-22(4,5)6;1-11(2,3)15-10(14)13-9-6-4-8(12)5-7-9;1-11(2,3)15-10(14)12-6-4-9(8-13)5-7-12;;;/h7-8,13-14,18,26H,9-12H2,1-6H3,(H,24,27);4-7H,1-3H3,(H,13,14);8-9H,4-7H2,1-3H3;3*1H4. The SMILES string of the molecule is C.C.C.CC(C)(C)OC(=O)N1CCC(C=O)CC1.CC(C)(C)OC(=O)Nc1ccc(Cl)cc1.CC(C)(C)OC(=O)Nc1ccc(Cl)cc1C(O)C1CCN(C(=O)OC(C)(C)C)CC1. The van der Waals surface area contributed by atoms with Crippen molar-refractivity contribution in [2.24, 2.45) is 11.8 Å². The van der Waals surface area contributed by atoms with Crippen LogP contribution in [0.4, 0.5) is 30.6 Å². The third kappa shape index (κ3) is 25.0. The van der Waals surface area contributed by atoms with Gasteiger partial charge >= 0.3 is 24.4 Å². The molecule has 2 aromatic carbocycles. The Labute approximate surface area is 388 Å².